The van der Waals surface area contributed by atoms with Crippen LogP contribution in [0.2, 0.25) is 0 Å². The Kier molecular flexibility index (Phi) is 7.18. The largest absolute Gasteiger partial charge is 0.507 e. The molecule has 0 saturated carbocycles. The molecule has 3 rings (SSSR count). The van der Waals surface area contributed by atoms with Gasteiger partial charge in [0.05, 0.1) is 17.7 Å². The molecular weight excluding hydrogens is 460 g/mol. The van der Waals surface area contributed by atoms with E-state index in [0.29, 0.717) is 24.4 Å². The highest BCUT2D eigenvalue weighted by Gasteiger charge is 2.45. The molecule has 2 aromatic carbocycles. The topological polar surface area (TPSA) is 70.1 Å². The standard InChI is InChI=1S/C24H27BrN2O4/c1-15(2)31-19-11-7-16(8-12-19)21-20(22(28)17-5-9-18(25)10-6-17)23(29)24(30)27(21)14-13-26(3)4/h5-12,15,21,28H,13-14H2,1-4H3/t21-/m1/s1. The zero-order valence-electron chi connectivity index (χ0n) is 18.1. The highest BCUT2D eigenvalue weighted by molar-refractivity contribution is 9.10. The lowest BCUT2D eigenvalue weighted by atomic mass is 9.95. The van der Waals surface area contributed by atoms with Crippen LogP contribution in [0.5, 0.6) is 5.75 Å². The minimum atomic E-state index is -0.674. The van der Waals surface area contributed by atoms with Gasteiger partial charge in [-0.15, -0.1) is 0 Å². The molecule has 7 heteroatoms. The number of hydrogen-bond donors (Lipinski definition) is 1. The number of ketones is 1. The van der Waals surface area contributed by atoms with Crippen LogP contribution >= 0.6 is 15.9 Å². The third-order valence-corrected chi connectivity index (χ3v) is 5.54. The van der Waals surface area contributed by atoms with E-state index in [-0.39, 0.29) is 17.4 Å². The Morgan fingerprint density at radius 3 is 2.26 bits per heavy atom. The summed E-state index contributed by atoms with van der Waals surface area (Å²) in [7, 11) is 3.82. The van der Waals surface area contributed by atoms with E-state index in [1.165, 1.54) is 4.90 Å². The van der Waals surface area contributed by atoms with E-state index in [2.05, 4.69) is 15.9 Å². The van der Waals surface area contributed by atoms with Gasteiger partial charge in [0.15, 0.2) is 0 Å². The molecule has 164 valence electrons. The van der Waals surface area contributed by atoms with Gasteiger partial charge in [0.25, 0.3) is 11.7 Å². The molecule has 1 saturated heterocycles. The van der Waals surface area contributed by atoms with Crippen molar-refractivity contribution in [2.45, 2.75) is 26.0 Å². The van der Waals surface area contributed by atoms with Crippen molar-refractivity contribution in [2.75, 3.05) is 27.2 Å². The molecule has 6 nitrogen and oxygen atoms in total. The van der Waals surface area contributed by atoms with E-state index in [9.17, 15) is 14.7 Å². The molecule has 1 amide bonds. The van der Waals surface area contributed by atoms with Gasteiger partial charge in [0.1, 0.15) is 11.5 Å². The van der Waals surface area contributed by atoms with Crippen LogP contribution < -0.4 is 4.74 Å². The minimum absolute atomic E-state index is 0.0361. The molecule has 31 heavy (non-hydrogen) atoms. The van der Waals surface area contributed by atoms with E-state index in [0.717, 1.165) is 10.0 Å². The van der Waals surface area contributed by atoms with Crippen LogP contribution in [0.3, 0.4) is 0 Å². The maximum atomic E-state index is 13.0. The predicted octanol–water partition coefficient (Wildman–Crippen LogP) is 4.22. The molecule has 0 bridgehead atoms. The molecule has 0 aliphatic carbocycles. The quantitative estimate of drug-likeness (QED) is 0.360. The molecule has 2 aromatic rings. The third kappa shape index (κ3) is 5.17. The zero-order valence-corrected chi connectivity index (χ0v) is 19.7. The van der Waals surface area contributed by atoms with Crippen LogP contribution in [-0.4, -0.2) is 59.9 Å². The number of carbonyl (C=O) groups excluding carboxylic acids is 2. The fourth-order valence-corrected chi connectivity index (χ4v) is 3.79. The van der Waals surface area contributed by atoms with Gasteiger partial charge < -0.3 is 19.6 Å². The number of aliphatic hydroxyl groups is 1. The van der Waals surface area contributed by atoms with Gasteiger partial charge in [0.2, 0.25) is 0 Å². The van der Waals surface area contributed by atoms with Crippen molar-refractivity contribution in [3.8, 4) is 5.75 Å². The van der Waals surface area contributed by atoms with Crippen LogP contribution in [0, 0.1) is 0 Å². The Labute approximate surface area is 191 Å². The van der Waals surface area contributed by atoms with Gasteiger partial charge in [-0.1, -0.05) is 40.2 Å². The number of aliphatic hydroxyl groups excluding tert-OH is 1. The van der Waals surface area contributed by atoms with Crippen LogP contribution in [0.25, 0.3) is 5.76 Å². The van der Waals surface area contributed by atoms with Crippen molar-refractivity contribution in [2.24, 2.45) is 0 Å². The lowest BCUT2D eigenvalue weighted by Crippen LogP contribution is -2.35. The number of amides is 1. The summed E-state index contributed by atoms with van der Waals surface area (Å²) in [6.07, 6.45) is 0.0361. The molecule has 1 aliphatic heterocycles. The second kappa shape index (κ2) is 9.66. The first-order valence-electron chi connectivity index (χ1n) is 10.1. The lowest BCUT2D eigenvalue weighted by molar-refractivity contribution is -0.140. The maximum Gasteiger partial charge on any atom is 0.295 e. The first-order chi connectivity index (χ1) is 14.7. The van der Waals surface area contributed by atoms with Crippen molar-refractivity contribution < 1.29 is 19.4 Å². The smallest absolute Gasteiger partial charge is 0.295 e. The molecule has 1 aliphatic rings. The molecular formula is C24H27BrN2O4. The molecule has 0 spiro atoms. The molecule has 1 atom stereocenters. The summed E-state index contributed by atoms with van der Waals surface area (Å²) >= 11 is 3.37. The van der Waals surface area contributed by atoms with Crippen molar-refractivity contribution in [3.05, 3.63) is 69.7 Å². The molecule has 1 heterocycles. The summed E-state index contributed by atoms with van der Waals surface area (Å²) in [6.45, 7) is 4.85. The lowest BCUT2D eigenvalue weighted by Gasteiger charge is -2.26. The van der Waals surface area contributed by atoms with E-state index < -0.39 is 17.7 Å². The highest BCUT2D eigenvalue weighted by Crippen LogP contribution is 2.39. The second-order valence-corrected chi connectivity index (χ2v) is 8.95. The summed E-state index contributed by atoms with van der Waals surface area (Å²) in [5, 5.41) is 11.0. The van der Waals surface area contributed by atoms with E-state index in [1.807, 2.05) is 57.1 Å². The first-order valence-corrected chi connectivity index (χ1v) is 10.9. The molecule has 0 radical (unpaired) electrons. The van der Waals surface area contributed by atoms with E-state index >= 15 is 0 Å². The number of hydrogen-bond acceptors (Lipinski definition) is 5. The number of nitrogens with zero attached hydrogens (tertiary/aromatic N) is 2. The third-order valence-electron chi connectivity index (χ3n) is 5.01. The van der Waals surface area contributed by atoms with Gasteiger partial charge in [-0.05, 0) is 57.8 Å². The van der Waals surface area contributed by atoms with Gasteiger partial charge >= 0.3 is 0 Å². The van der Waals surface area contributed by atoms with Crippen LogP contribution in [-0.2, 0) is 9.59 Å². The zero-order chi connectivity index (χ0) is 22.7. The Morgan fingerprint density at radius 2 is 1.71 bits per heavy atom. The summed E-state index contributed by atoms with van der Waals surface area (Å²) in [4.78, 5) is 29.4. The Bertz CT molecular complexity index is 982. The summed E-state index contributed by atoms with van der Waals surface area (Å²) in [6, 6.07) is 13.6. The molecule has 1 fully saturated rings. The number of ether oxygens (including phenoxy) is 1. The van der Waals surface area contributed by atoms with Crippen molar-refractivity contribution >= 4 is 33.4 Å². The van der Waals surface area contributed by atoms with E-state index in [1.54, 1.807) is 24.3 Å². The Morgan fingerprint density at radius 1 is 1.10 bits per heavy atom. The van der Waals surface area contributed by atoms with Gasteiger partial charge in [-0.3, -0.25) is 9.59 Å². The van der Waals surface area contributed by atoms with Crippen LogP contribution in [0.4, 0.5) is 0 Å². The Balaban J connectivity index is 2.08. The van der Waals surface area contributed by atoms with Crippen molar-refractivity contribution in [3.63, 3.8) is 0 Å². The highest BCUT2D eigenvalue weighted by atomic mass is 79.9. The second-order valence-electron chi connectivity index (χ2n) is 8.04. The fourth-order valence-electron chi connectivity index (χ4n) is 3.53. The van der Waals surface area contributed by atoms with Crippen LogP contribution in [0.15, 0.2) is 58.6 Å². The van der Waals surface area contributed by atoms with Gasteiger partial charge in [-0.2, -0.15) is 0 Å². The average Bonchev–Trinajstić information content (AvgIpc) is 2.97. The fraction of sp³-hybridized carbons (Fsp3) is 0.333. The number of carbonyl (C=O) groups is 2. The van der Waals surface area contributed by atoms with E-state index in [4.69, 9.17) is 4.74 Å². The van der Waals surface area contributed by atoms with Crippen LogP contribution in [0.1, 0.15) is 31.0 Å². The number of likely N-dealkylation sites (tertiary alicyclic amines) is 1. The predicted molar refractivity (Wildman–Crippen MR) is 124 cm³/mol. The Hall–Kier alpha value is -2.64. The summed E-state index contributed by atoms with van der Waals surface area (Å²) < 4.78 is 6.57. The molecule has 0 aromatic heterocycles. The van der Waals surface area contributed by atoms with Crippen molar-refractivity contribution in [1.82, 2.24) is 9.80 Å². The SMILES string of the molecule is CC(C)Oc1ccc([C@@H]2C(=C(O)c3ccc(Br)cc3)C(=O)C(=O)N2CCN(C)C)cc1. The maximum absolute atomic E-state index is 13.0. The number of likely N-dealkylation sites (N-methyl/N-ethyl adjacent to an activating group) is 1. The minimum Gasteiger partial charge on any atom is -0.507 e. The number of rotatable bonds is 7. The number of halogens is 1. The number of Topliss-reactive ketones (excluding diaryl/α,β-unsaturated/α-hetero) is 1. The summed E-state index contributed by atoms with van der Waals surface area (Å²) in [5.74, 6) is -0.748. The normalized spacial score (nSPS) is 18.3. The average molecular weight is 487 g/mol. The number of benzene rings is 2. The summed E-state index contributed by atoms with van der Waals surface area (Å²) in [5.41, 5.74) is 1.33. The molecule has 1 N–H and O–H groups in total. The molecule has 0 unspecified atom stereocenters. The van der Waals surface area contributed by atoms with Crippen molar-refractivity contribution in [1.29, 1.82) is 0 Å². The monoisotopic (exact) mass is 486 g/mol. The van der Waals surface area contributed by atoms with Gasteiger partial charge in [0, 0.05) is 23.1 Å². The van der Waals surface area contributed by atoms with Gasteiger partial charge in [-0.25, -0.2) is 0 Å². The first kappa shape index (κ1) is 23.0.